The van der Waals surface area contributed by atoms with E-state index < -0.39 is 5.60 Å². The van der Waals surface area contributed by atoms with Crippen molar-refractivity contribution in [2.45, 2.75) is 97.1 Å². The third-order valence-electron chi connectivity index (χ3n) is 10.6. The molecule has 4 fully saturated rings. The van der Waals surface area contributed by atoms with Crippen LogP contribution < -0.4 is 0 Å². The van der Waals surface area contributed by atoms with Crippen molar-refractivity contribution in [1.29, 1.82) is 5.26 Å². The summed E-state index contributed by atoms with van der Waals surface area (Å²) in [5, 5.41) is 24.2. The molecule has 4 aliphatic rings. The van der Waals surface area contributed by atoms with E-state index in [0.717, 1.165) is 54.9 Å². The van der Waals surface area contributed by atoms with Crippen LogP contribution in [0.2, 0.25) is 0 Å². The molecule has 31 heavy (non-hydrogen) atoms. The van der Waals surface area contributed by atoms with Crippen LogP contribution >= 0.6 is 0 Å². The fraction of sp³-hybridized carbons (Fsp3) is 0.852. The normalized spacial score (nSPS) is 45.3. The molecule has 0 amide bonds. The highest BCUT2D eigenvalue weighted by molar-refractivity contribution is 5.21. The van der Waals surface area contributed by atoms with Crippen LogP contribution in [0.4, 0.5) is 0 Å². The lowest BCUT2D eigenvalue weighted by molar-refractivity contribution is -0.108. The largest absolute Gasteiger partial charge is 0.390 e. The van der Waals surface area contributed by atoms with Gasteiger partial charge in [-0.2, -0.15) is 10.4 Å². The summed E-state index contributed by atoms with van der Waals surface area (Å²) >= 11 is 0. The first-order chi connectivity index (χ1) is 14.9. The number of rotatable bonds is 4. The number of hydrogen-bond donors (Lipinski definition) is 1. The molecular formula is C27H41N3O. The second-order valence-corrected chi connectivity index (χ2v) is 12.0. The summed E-state index contributed by atoms with van der Waals surface area (Å²) < 4.78 is 2.00. The number of fused-ring (bicyclic) bond motifs is 5. The summed E-state index contributed by atoms with van der Waals surface area (Å²) in [6.07, 6.45) is 16.6. The fourth-order valence-electron chi connectivity index (χ4n) is 9.43. The molecule has 1 N–H and O–H groups in total. The van der Waals surface area contributed by atoms with Crippen molar-refractivity contribution in [1.82, 2.24) is 9.78 Å². The van der Waals surface area contributed by atoms with Gasteiger partial charge in [-0.3, -0.25) is 4.68 Å². The lowest BCUT2D eigenvalue weighted by atomic mass is 9.47. The van der Waals surface area contributed by atoms with E-state index >= 15 is 0 Å². The predicted octanol–water partition coefficient (Wildman–Crippen LogP) is 5.80. The topological polar surface area (TPSA) is 61.8 Å². The third-order valence-corrected chi connectivity index (χ3v) is 10.6. The molecule has 4 heteroatoms. The molecule has 0 aromatic carbocycles. The minimum Gasteiger partial charge on any atom is -0.390 e. The molecule has 0 bridgehead atoms. The van der Waals surface area contributed by atoms with E-state index in [0.29, 0.717) is 16.9 Å². The van der Waals surface area contributed by atoms with Gasteiger partial charge in [0.2, 0.25) is 0 Å². The van der Waals surface area contributed by atoms with E-state index in [2.05, 4.69) is 31.9 Å². The van der Waals surface area contributed by atoms with Gasteiger partial charge in [-0.1, -0.05) is 13.8 Å². The van der Waals surface area contributed by atoms with Crippen molar-refractivity contribution in [2.24, 2.45) is 46.8 Å². The first kappa shape index (κ1) is 21.5. The minimum absolute atomic E-state index is 0.415. The lowest BCUT2D eigenvalue weighted by Crippen LogP contribution is -2.51. The van der Waals surface area contributed by atoms with Crippen molar-refractivity contribution < 1.29 is 5.11 Å². The zero-order valence-electron chi connectivity index (χ0n) is 19.8. The van der Waals surface area contributed by atoms with Crippen molar-refractivity contribution in [3.63, 3.8) is 0 Å². The summed E-state index contributed by atoms with van der Waals surface area (Å²) in [5.74, 6) is 5.77. The van der Waals surface area contributed by atoms with Crippen LogP contribution in [0.1, 0.15) is 90.5 Å². The summed E-state index contributed by atoms with van der Waals surface area (Å²) in [5.41, 5.74) is 0.769. The lowest BCUT2D eigenvalue weighted by Gasteiger charge is -2.58. The number of nitrogens with zero attached hydrogens (tertiary/aromatic N) is 3. The second kappa shape index (κ2) is 7.91. The highest BCUT2D eigenvalue weighted by Crippen LogP contribution is 2.67. The Morgan fingerprint density at radius 2 is 1.97 bits per heavy atom. The van der Waals surface area contributed by atoms with Gasteiger partial charge in [0.1, 0.15) is 6.07 Å². The molecule has 1 heterocycles. The summed E-state index contributed by atoms with van der Waals surface area (Å²) in [6.45, 7) is 7.91. The fourth-order valence-corrected chi connectivity index (χ4v) is 9.43. The maximum atomic E-state index is 10.6. The molecule has 0 saturated heterocycles. The number of hydrogen-bond acceptors (Lipinski definition) is 3. The molecule has 0 spiro atoms. The Labute approximate surface area is 188 Å². The van der Waals surface area contributed by atoms with E-state index in [1.165, 1.54) is 51.4 Å². The van der Waals surface area contributed by atoms with Crippen LogP contribution in [0.3, 0.4) is 0 Å². The van der Waals surface area contributed by atoms with Crippen LogP contribution in [-0.4, -0.2) is 20.5 Å². The highest BCUT2D eigenvalue weighted by atomic mass is 16.3. The van der Waals surface area contributed by atoms with Crippen LogP contribution in [0.25, 0.3) is 0 Å². The van der Waals surface area contributed by atoms with Gasteiger partial charge in [0.15, 0.2) is 0 Å². The Bertz CT molecular complexity index is 838. The maximum Gasteiger partial charge on any atom is 0.102 e. The predicted molar refractivity (Wildman–Crippen MR) is 122 cm³/mol. The van der Waals surface area contributed by atoms with Gasteiger partial charge in [-0.15, -0.1) is 0 Å². The molecule has 4 aliphatic carbocycles. The maximum absolute atomic E-state index is 10.6. The average Bonchev–Trinajstić information content (AvgIpc) is 3.37. The first-order valence-corrected chi connectivity index (χ1v) is 13.0. The van der Waals surface area contributed by atoms with Crippen LogP contribution in [-0.2, 0) is 6.54 Å². The molecule has 170 valence electrons. The zero-order valence-corrected chi connectivity index (χ0v) is 19.8. The zero-order chi connectivity index (χ0) is 21.8. The molecule has 0 unspecified atom stereocenters. The molecular weight excluding hydrogens is 382 g/mol. The van der Waals surface area contributed by atoms with Gasteiger partial charge in [0.05, 0.1) is 17.4 Å². The Kier molecular flexibility index (Phi) is 5.48. The second-order valence-electron chi connectivity index (χ2n) is 12.0. The number of nitriles is 1. The van der Waals surface area contributed by atoms with Gasteiger partial charge in [-0.25, -0.2) is 0 Å². The van der Waals surface area contributed by atoms with Crippen molar-refractivity contribution in [2.75, 3.05) is 0 Å². The van der Waals surface area contributed by atoms with Crippen LogP contribution in [0.5, 0.6) is 0 Å². The molecule has 1 aromatic rings. The molecule has 0 radical (unpaired) electrons. The van der Waals surface area contributed by atoms with Gasteiger partial charge in [-0.05, 0) is 118 Å². The molecule has 4 nitrogen and oxygen atoms in total. The summed E-state index contributed by atoms with van der Waals surface area (Å²) in [4.78, 5) is 0. The van der Waals surface area contributed by atoms with E-state index in [1.54, 1.807) is 6.20 Å². The van der Waals surface area contributed by atoms with E-state index in [9.17, 15) is 5.11 Å². The van der Waals surface area contributed by atoms with Crippen LogP contribution in [0, 0.1) is 58.2 Å². The standard InChI is InChI=1S/C27H41N3O/c1-4-27-12-10-22-21-9-11-26(3,31)13-20(21)5-6-23(22)25(27)8-7-24(27)18(2)16-30-17-19(14-28)15-29-30/h15,17-18,20-25,31H,4-13,16H2,1-3H3/t18-,20+,21-,22+,23+,24+,25-,26+,27+/m0/s1. The number of aliphatic hydroxyl groups is 1. The molecule has 4 saturated carbocycles. The Morgan fingerprint density at radius 1 is 1.16 bits per heavy atom. The van der Waals surface area contributed by atoms with E-state index in [1.807, 2.05) is 10.9 Å². The van der Waals surface area contributed by atoms with Crippen molar-refractivity contribution in [3.05, 3.63) is 18.0 Å². The SMILES string of the molecule is CC[C@]12CC[C@H]3[C@@H](CC[C@@H]4C[C@](C)(O)CC[C@@H]43)[C@@H]1CC[C@@H]2[C@@H](C)Cn1cc(C#N)cn1. The van der Waals surface area contributed by atoms with Crippen molar-refractivity contribution in [3.8, 4) is 6.07 Å². The minimum atomic E-state index is -0.415. The Morgan fingerprint density at radius 3 is 2.71 bits per heavy atom. The quantitative estimate of drug-likeness (QED) is 0.665. The smallest absolute Gasteiger partial charge is 0.102 e. The van der Waals surface area contributed by atoms with Gasteiger partial charge in [0.25, 0.3) is 0 Å². The van der Waals surface area contributed by atoms with Crippen LogP contribution in [0.15, 0.2) is 12.4 Å². The molecule has 9 atom stereocenters. The molecule has 0 aliphatic heterocycles. The van der Waals surface area contributed by atoms with Gasteiger partial charge in [0, 0.05) is 12.7 Å². The van der Waals surface area contributed by atoms with Gasteiger partial charge >= 0.3 is 0 Å². The monoisotopic (exact) mass is 423 g/mol. The Hall–Kier alpha value is -1.34. The third kappa shape index (κ3) is 3.56. The van der Waals surface area contributed by atoms with Crippen molar-refractivity contribution >= 4 is 0 Å². The number of aromatic nitrogens is 2. The van der Waals surface area contributed by atoms with E-state index in [-0.39, 0.29) is 0 Å². The summed E-state index contributed by atoms with van der Waals surface area (Å²) in [7, 11) is 0. The summed E-state index contributed by atoms with van der Waals surface area (Å²) in [6, 6.07) is 2.21. The first-order valence-electron chi connectivity index (χ1n) is 13.0. The van der Waals surface area contributed by atoms with Gasteiger partial charge < -0.3 is 5.11 Å². The average molecular weight is 424 g/mol. The Balaban J connectivity index is 1.33. The van der Waals surface area contributed by atoms with E-state index in [4.69, 9.17) is 5.26 Å². The highest BCUT2D eigenvalue weighted by Gasteiger charge is 2.59. The molecule has 5 rings (SSSR count). The molecule has 1 aromatic heterocycles.